The number of hydrogen-bond donors (Lipinski definition) is 1. The van der Waals surface area contributed by atoms with Gasteiger partial charge in [-0.3, -0.25) is 0 Å². The topological polar surface area (TPSA) is 57.2 Å². The van der Waals surface area contributed by atoms with E-state index in [4.69, 9.17) is 24.1 Å². The molecule has 0 spiro atoms. The molecule has 0 saturated carbocycles. The zero-order chi connectivity index (χ0) is 16.4. The van der Waals surface area contributed by atoms with Gasteiger partial charge in [-0.25, -0.2) is 0 Å². The Labute approximate surface area is 133 Å². The minimum Gasteiger partial charge on any atom is -0.493 e. The highest BCUT2D eigenvalue weighted by atomic mass is 16.5. The second-order valence-corrected chi connectivity index (χ2v) is 5.42. The van der Waals surface area contributed by atoms with Crippen molar-refractivity contribution in [3.05, 3.63) is 18.2 Å². The lowest BCUT2D eigenvalue weighted by Gasteiger charge is -2.22. The lowest BCUT2D eigenvalue weighted by atomic mass is 10.0. The van der Waals surface area contributed by atoms with E-state index in [0.717, 1.165) is 12.2 Å². The molecule has 0 unspecified atom stereocenters. The summed E-state index contributed by atoms with van der Waals surface area (Å²) < 4.78 is 22.0. The Morgan fingerprint density at radius 1 is 1.09 bits per heavy atom. The maximum Gasteiger partial charge on any atom is 0.164 e. The van der Waals surface area contributed by atoms with Crippen LogP contribution in [0, 0.1) is 5.92 Å². The summed E-state index contributed by atoms with van der Waals surface area (Å²) in [7, 11) is 3.28. The smallest absolute Gasteiger partial charge is 0.164 e. The maximum atomic E-state index is 9.13. The molecule has 0 bridgehead atoms. The average Bonchev–Trinajstić information content (AvgIpc) is 2.51. The molecule has 1 N–H and O–H groups in total. The molecule has 1 atom stereocenters. The van der Waals surface area contributed by atoms with Gasteiger partial charge < -0.3 is 24.1 Å². The maximum absolute atomic E-state index is 9.13. The van der Waals surface area contributed by atoms with Gasteiger partial charge in [0.1, 0.15) is 11.9 Å². The van der Waals surface area contributed by atoms with Gasteiger partial charge in [0.25, 0.3) is 0 Å². The largest absolute Gasteiger partial charge is 0.493 e. The molecule has 0 aliphatic heterocycles. The Bertz CT molecular complexity index is 420. The standard InChI is InChI=1S/C17H28O5/c1-13(2)15(8-9-18)22-14-6-7-16(20-4)17(12-14)21-11-5-10-19-3/h6-7,12-13,15,18H,5,8-11H2,1-4H3/t15-/m0/s1. The fraction of sp³-hybridized carbons (Fsp3) is 0.647. The van der Waals surface area contributed by atoms with Gasteiger partial charge in [0.05, 0.1) is 13.7 Å². The molecule has 0 radical (unpaired) electrons. The van der Waals surface area contributed by atoms with Crippen molar-refractivity contribution in [1.82, 2.24) is 0 Å². The summed E-state index contributed by atoms with van der Waals surface area (Å²) >= 11 is 0. The van der Waals surface area contributed by atoms with Crippen molar-refractivity contribution in [3.8, 4) is 17.2 Å². The normalized spacial score (nSPS) is 12.3. The lowest BCUT2D eigenvalue weighted by Crippen LogP contribution is -2.24. The van der Waals surface area contributed by atoms with Crippen LogP contribution < -0.4 is 14.2 Å². The first-order valence-corrected chi connectivity index (χ1v) is 7.69. The Balaban J connectivity index is 2.75. The number of ether oxygens (including phenoxy) is 4. The van der Waals surface area contributed by atoms with Crippen LogP contribution in [0.25, 0.3) is 0 Å². The lowest BCUT2D eigenvalue weighted by molar-refractivity contribution is 0.114. The van der Waals surface area contributed by atoms with Crippen LogP contribution in [0.1, 0.15) is 26.7 Å². The van der Waals surface area contributed by atoms with Crippen molar-refractivity contribution >= 4 is 0 Å². The number of aliphatic hydroxyl groups is 1. The number of aliphatic hydroxyl groups excluding tert-OH is 1. The summed E-state index contributed by atoms with van der Waals surface area (Å²) in [5.74, 6) is 2.37. The zero-order valence-electron chi connectivity index (χ0n) is 14.0. The molecule has 5 heteroatoms. The molecule has 0 heterocycles. The number of methoxy groups -OCH3 is 2. The molecule has 126 valence electrons. The summed E-state index contributed by atoms with van der Waals surface area (Å²) in [6, 6.07) is 5.52. The van der Waals surface area contributed by atoms with Crippen LogP contribution in [0.3, 0.4) is 0 Å². The Hall–Kier alpha value is -1.46. The molecule has 0 aromatic heterocycles. The second kappa shape index (κ2) is 10.3. The average molecular weight is 312 g/mol. The fourth-order valence-electron chi connectivity index (χ4n) is 2.06. The molecule has 0 aliphatic carbocycles. The van der Waals surface area contributed by atoms with Crippen LogP contribution in [-0.2, 0) is 4.74 Å². The van der Waals surface area contributed by atoms with Gasteiger partial charge in [-0.2, -0.15) is 0 Å². The van der Waals surface area contributed by atoms with Crippen LogP contribution in [0.15, 0.2) is 18.2 Å². The molecule has 0 fully saturated rings. The molecule has 1 rings (SSSR count). The third-order valence-electron chi connectivity index (χ3n) is 3.33. The summed E-state index contributed by atoms with van der Waals surface area (Å²) in [6.45, 7) is 5.47. The van der Waals surface area contributed by atoms with Crippen LogP contribution >= 0.6 is 0 Å². The van der Waals surface area contributed by atoms with Crippen LogP contribution in [0.4, 0.5) is 0 Å². The quantitative estimate of drug-likeness (QED) is 0.637. The van der Waals surface area contributed by atoms with E-state index in [2.05, 4.69) is 13.8 Å². The molecule has 1 aromatic rings. The summed E-state index contributed by atoms with van der Waals surface area (Å²) in [4.78, 5) is 0. The van der Waals surface area contributed by atoms with Gasteiger partial charge in [0.2, 0.25) is 0 Å². The minimum atomic E-state index is -0.0280. The summed E-state index contributed by atoms with van der Waals surface area (Å²) in [5.41, 5.74) is 0. The predicted molar refractivity (Wildman–Crippen MR) is 85.9 cm³/mol. The highest BCUT2D eigenvalue weighted by Gasteiger charge is 2.16. The third-order valence-corrected chi connectivity index (χ3v) is 3.33. The van der Waals surface area contributed by atoms with E-state index in [1.807, 2.05) is 18.2 Å². The Morgan fingerprint density at radius 3 is 2.45 bits per heavy atom. The number of hydrogen-bond acceptors (Lipinski definition) is 5. The predicted octanol–water partition coefficient (Wildman–Crippen LogP) is 2.90. The fourth-order valence-corrected chi connectivity index (χ4v) is 2.06. The van der Waals surface area contributed by atoms with Crippen LogP contribution in [-0.4, -0.2) is 45.3 Å². The highest BCUT2D eigenvalue weighted by molar-refractivity contribution is 5.45. The minimum absolute atomic E-state index is 0.0280. The van der Waals surface area contributed by atoms with Crippen molar-refractivity contribution in [3.63, 3.8) is 0 Å². The van der Waals surface area contributed by atoms with Crippen LogP contribution in [0.5, 0.6) is 17.2 Å². The van der Waals surface area contributed by atoms with Gasteiger partial charge in [-0.15, -0.1) is 0 Å². The second-order valence-electron chi connectivity index (χ2n) is 5.42. The molecule has 22 heavy (non-hydrogen) atoms. The van der Waals surface area contributed by atoms with E-state index in [0.29, 0.717) is 37.1 Å². The van der Waals surface area contributed by atoms with Crippen molar-refractivity contribution in [1.29, 1.82) is 0 Å². The van der Waals surface area contributed by atoms with E-state index < -0.39 is 0 Å². The molecule has 1 aromatic carbocycles. The highest BCUT2D eigenvalue weighted by Crippen LogP contribution is 2.32. The molecule has 5 nitrogen and oxygen atoms in total. The SMILES string of the molecule is COCCCOc1cc(O[C@@H](CCO)C(C)C)ccc1OC. The first-order chi connectivity index (χ1) is 10.6. The van der Waals surface area contributed by atoms with Crippen molar-refractivity contribution in [2.45, 2.75) is 32.8 Å². The van der Waals surface area contributed by atoms with E-state index in [1.165, 1.54) is 0 Å². The first kappa shape index (κ1) is 18.6. The first-order valence-electron chi connectivity index (χ1n) is 7.69. The van der Waals surface area contributed by atoms with E-state index in [1.54, 1.807) is 14.2 Å². The van der Waals surface area contributed by atoms with E-state index in [-0.39, 0.29) is 12.7 Å². The summed E-state index contributed by atoms with van der Waals surface area (Å²) in [6.07, 6.45) is 1.39. The van der Waals surface area contributed by atoms with Gasteiger partial charge in [-0.05, 0) is 18.1 Å². The summed E-state index contributed by atoms with van der Waals surface area (Å²) in [5, 5.41) is 9.13. The van der Waals surface area contributed by atoms with Crippen molar-refractivity contribution < 1.29 is 24.1 Å². The van der Waals surface area contributed by atoms with Gasteiger partial charge in [0, 0.05) is 39.2 Å². The molecular weight excluding hydrogens is 284 g/mol. The third kappa shape index (κ3) is 6.12. The van der Waals surface area contributed by atoms with Gasteiger partial charge in [0.15, 0.2) is 11.5 Å². The van der Waals surface area contributed by atoms with E-state index >= 15 is 0 Å². The molecule has 0 amide bonds. The Kier molecular flexibility index (Phi) is 8.70. The van der Waals surface area contributed by atoms with Gasteiger partial charge in [-0.1, -0.05) is 13.8 Å². The monoisotopic (exact) mass is 312 g/mol. The van der Waals surface area contributed by atoms with Crippen molar-refractivity contribution in [2.24, 2.45) is 5.92 Å². The van der Waals surface area contributed by atoms with Crippen molar-refractivity contribution in [2.75, 3.05) is 34.0 Å². The van der Waals surface area contributed by atoms with Crippen LogP contribution in [0.2, 0.25) is 0 Å². The zero-order valence-corrected chi connectivity index (χ0v) is 14.0. The van der Waals surface area contributed by atoms with Gasteiger partial charge >= 0.3 is 0 Å². The van der Waals surface area contributed by atoms with E-state index in [9.17, 15) is 0 Å². The Morgan fingerprint density at radius 2 is 1.86 bits per heavy atom. The molecular formula is C17H28O5. The molecule has 0 saturated heterocycles. The molecule has 0 aliphatic rings. The number of rotatable bonds is 11. The number of benzene rings is 1.